The Balaban J connectivity index is 1.96. The Labute approximate surface area is 127 Å². The van der Waals surface area contributed by atoms with Crippen molar-refractivity contribution in [2.24, 2.45) is 0 Å². The van der Waals surface area contributed by atoms with Crippen LogP contribution in [0, 0.1) is 0 Å². The summed E-state index contributed by atoms with van der Waals surface area (Å²) in [5.74, 6) is 0.851. The van der Waals surface area contributed by atoms with Crippen LogP contribution < -0.4 is 0 Å². The van der Waals surface area contributed by atoms with Crippen LogP contribution in [0.5, 0.6) is 0 Å². The van der Waals surface area contributed by atoms with Crippen LogP contribution in [0.3, 0.4) is 0 Å². The molecule has 0 radical (unpaired) electrons. The summed E-state index contributed by atoms with van der Waals surface area (Å²) in [7, 11) is 0. The molecule has 0 atom stereocenters. The molecule has 0 unspecified atom stereocenters. The van der Waals surface area contributed by atoms with Crippen molar-refractivity contribution in [2.75, 3.05) is 0 Å². The molecule has 3 aromatic rings. The number of benzene rings is 2. The minimum atomic E-state index is 0.851. The van der Waals surface area contributed by atoms with Gasteiger partial charge in [0.2, 0.25) is 0 Å². The van der Waals surface area contributed by atoms with Crippen molar-refractivity contribution in [1.82, 2.24) is 9.97 Å². The molecule has 4 heteroatoms. The number of rotatable bonds is 2. The van der Waals surface area contributed by atoms with E-state index >= 15 is 0 Å². The van der Waals surface area contributed by atoms with E-state index in [9.17, 15) is 0 Å². The van der Waals surface area contributed by atoms with Gasteiger partial charge in [-0.2, -0.15) is 0 Å². The van der Waals surface area contributed by atoms with Crippen molar-refractivity contribution in [2.45, 2.75) is 0 Å². The molecule has 0 aliphatic rings. The maximum absolute atomic E-state index is 4.54. The maximum Gasteiger partial charge on any atom is 0.131 e. The third-order valence-electron chi connectivity index (χ3n) is 2.78. The summed E-state index contributed by atoms with van der Waals surface area (Å²) in [6.07, 6.45) is 4.03. The number of hydrogen-bond acceptors (Lipinski definition) is 1. The Morgan fingerprint density at radius 2 is 1.68 bits per heavy atom. The van der Waals surface area contributed by atoms with Gasteiger partial charge in [-0.3, -0.25) is 0 Å². The standard InChI is InChI=1S/C15H10Br2N2/c16-11-8-13-14(9-12(11)17)19-15(18-13)7-6-10-4-2-1-3-5-10/h1-9H,(H,18,19)/b7-6+. The Hall–Kier alpha value is -1.39. The third-order valence-corrected chi connectivity index (χ3v) is 4.62. The molecule has 0 fully saturated rings. The maximum atomic E-state index is 4.54. The molecule has 1 N–H and O–H groups in total. The lowest BCUT2D eigenvalue weighted by atomic mass is 10.2. The topological polar surface area (TPSA) is 28.7 Å². The average Bonchev–Trinajstić information content (AvgIpc) is 2.80. The zero-order valence-corrected chi connectivity index (χ0v) is 13.1. The minimum Gasteiger partial charge on any atom is -0.338 e. The number of aromatic amines is 1. The smallest absolute Gasteiger partial charge is 0.131 e. The fourth-order valence-electron chi connectivity index (χ4n) is 1.84. The molecule has 1 heterocycles. The fourth-order valence-corrected chi connectivity index (χ4v) is 2.52. The largest absolute Gasteiger partial charge is 0.338 e. The van der Waals surface area contributed by atoms with E-state index < -0.39 is 0 Å². The number of fused-ring (bicyclic) bond motifs is 1. The predicted octanol–water partition coefficient (Wildman–Crippen LogP) is 5.26. The highest BCUT2D eigenvalue weighted by Gasteiger charge is 2.04. The van der Waals surface area contributed by atoms with Crippen molar-refractivity contribution in [3.63, 3.8) is 0 Å². The van der Waals surface area contributed by atoms with Crippen LogP contribution >= 0.6 is 31.9 Å². The van der Waals surface area contributed by atoms with E-state index in [0.717, 1.165) is 31.4 Å². The molecule has 3 rings (SSSR count). The lowest BCUT2D eigenvalue weighted by molar-refractivity contribution is 1.29. The Morgan fingerprint density at radius 1 is 0.947 bits per heavy atom. The van der Waals surface area contributed by atoms with Gasteiger partial charge in [-0.25, -0.2) is 4.98 Å². The highest BCUT2D eigenvalue weighted by atomic mass is 79.9. The van der Waals surface area contributed by atoms with Gasteiger partial charge in [-0.05, 0) is 55.6 Å². The molecular formula is C15H10Br2N2. The van der Waals surface area contributed by atoms with Crippen molar-refractivity contribution in [3.05, 3.63) is 62.8 Å². The van der Waals surface area contributed by atoms with Crippen molar-refractivity contribution in [1.29, 1.82) is 0 Å². The molecule has 94 valence electrons. The number of halogens is 2. The van der Waals surface area contributed by atoms with Gasteiger partial charge >= 0.3 is 0 Å². The van der Waals surface area contributed by atoms with Crippen LogP contribution in [0.25, 0.3) is 23.2 Å². The first-order valence-electron chi connectivity index (χ1n) is 5.80. The molecule has 2 aromatic carbocycles. The van der Waals surface area contributed by atoms with Gasteiger partial charge in [0.15, 0.2) is 0 Å². The van der Waals surface area contributed by atoms with Crippen LogP contribution in [0.15, 0.2) is 51.4 Å². The second-order valence-electron chi connectivity index (χ2n) is 4.15. The van der Waals surface area contributed by atoms with Gasteiger partial charge in [-0.15, -0.1) is 0 Å². The van der Waals surface area contributed by atoms with E-state index in [2.05, 4.69) is 54.0 Å². The van der Waals surface area contributed by atoms with Gasteiger partial charge in [0, 0.05) is 8.95 Å². The van der Waals surface area contributed by atoms with Crippen LogP contribution in [0.2, 0.25) is 0 Å². The third kappa shape index (κ3) is 2.80. The first-order chi connectivity index (χ1) is 9.22. The molecule has 0 aliphatic heterocycles. The Morgan fingerprint density at radius 3 is 2.47 bits per heavy atom. The monoisotopic (exact) mass is 376 g/mol. The van der Waals surface area contributed by atoms with Crippen molar-refractivity contribution in [3.8, 4) is 0 Å². The highest BCUT2D eigenvalue weighted by molar-refractivity contribution is 9.13. The van der Waals surface area contributed by atoms with Crippen molar-refractivity contribution >= 4 is 55.0 Å². The number of hydrogen-bond donors (Lipinski definition) is 1. The van der Waals surface area contributed by atoms with Gasteiger partial charge < -0.3 is 4.98 Å². The SMILES string of the molecule is Brc1cc2nc(/C=C/c3ccccc3)[nH]c2cc1Br. The van der Waals surface area contributed by atoms with E-state index in [1.165, 1.54) is 0 Å². The second-order valence-corrected chi connectivity index (χ2v) is 5.86. The molecule has 0 saturated heterocycles. The predicted molar refractivity (Wildman–Crippen MR) is 86.9 cm³/mol. The minimum absolute atomic E-state index is 0.851. The van der Waals surface area contributed by atoms with E-state index in [1.54, 1.807) is 0 Å². The molecule has 0 aliphatic carbocycles. The molecule has 0 amide bonds. The normalized spacial score (nSPS) is 11.5. The van der Waals surface area contributed by atoms with E-state index in [1.807, 2.05) is 42.5 Å². The van der Waals surface area contributed by atoms with Crippen LogP contribution in [0.1, 0.15) is 11.4 Å². The molecule has 0 saturated carbocycles. The van der Waals surface area contributed by atoms with Gasteiger partial charge in [-0.1, -0.05) is 36.4 Å². The summed E-state index contributed by atoms with van der Waals surface area (Å²) in [4.78, 5) is 7.82. The fraction of sp³-hybridized carbons (Fsp3) is 0. The first-order valence-corrected chi connectivity index (χ1v) is 7.39. The molecular weight excluding hydrogens is 368 g/mol. The Bertz CT molecular complexity index is 706. The quantitative estimate of drug-likeness (QED) is 0.648. The van der Waals surface area contributed by atoms with Crippen LogP contribution in [-0.2, 0) is 0 Å². The molecule has 1 aromatic heterocycles. The molecule has 0 spiro atoms. The Kier molecular flexibility index (Phi) is 3.53. The van der Waals surface area contributed by atoms with E-state index in [4.69, 9.17) is 0 Å². The van der Waals surface area contributed by atoms with E-state index in [-0.39, 0.29) is 0 Å². The first kappa shape index (κ1) is 12.6. The lowest BCUT2D eigenvalue weighted by Crippen LogP contribution is -1.74. The number of nitrogens with one attached hydrogen (secondary N) is 1. The number of nitrogens with zero attached hydrogens (tertiary/aromatic N) is 1. The zero-order valence-electron chi connectivity index (χ0n) is 9.90. The summed E-state index contributed by atoms with van der Waals surface area (Å²) in [6.45, 7) is 0. The van der Waals surface area contributed by atoms with Gasteiger partial charge in [0.1, 0.15) is 5.82 Å². The van der Waals surface area contributed by atoms with Crippen molar-refractivity contribution < 1.29 is 0 Å². The number of H-pyrrole nitrogens is 1. The number of aromatic nitrogens is 2. The summed E-state index contributed by atoms with van der Waals surface area (Å²) >= 11 is 6.97. The van der Waals surface area contributed by atoms with Gasteiger partial charge in [0.25, 0.3) is 0 Å². The highest BCUT2D eigenvalue weighted by Crippen LogP contribution is 2.27. The summed E-state index contributed by atoms with van der Waals surface area (Å²) < 4.78 is 2.02. The summed E-state index contributed by atoms with van der Waals surface area (Å²) in [6, 6.07) is 14.2. The summed E-state index contributed by atoms with van der Waals surface area (Å²) in [5, 5.41) is 0. The van der Waals surface area contributed by atoms with E-state index in [0.29, 0.717) is 0 Å². The lowest BCUT2D eigenvalue weighted by Gasteiger charge is -1.93. The molecule has 2 nitrogen and oxygen atoms in total. The van der Waals surface area contributed by atoms with Crippen LogP contribution in [0.4, 0.5) is 0 Å². The summed E-state index contributed by atoms with van der Waals surface area (Å²) in [5.41, 5.74) is 3.12. The zero-order chi connectivity index (χ0) is 13.2. The number of imidazole rings is 1. The average molecular weight is 378 g/mol. The molecule has 0 bridgehead atoms. The van der Waals surface area contributed by atoms with Gasteiger partial charge in [0.05, 0.1) is 11.0 Å². The van der Waals surface area contributed by atoms with Crippen LogP contribution in [-0.4, -0.2) is 9.97 Å². The second kappa shape index (κ2) is 5.31. The molecule has 19 heavy (non-hydrogen) atoms.